The molecule has 0 saturated carbocycles. The molecule has 1 rings (SSSR count). The van der Waals surface area contributed by atoms with Gasteiger partial charge in [-0.05, 0) is 24.3 Å². The van der Waals surface area contributed by atoms with Gasteiger partial charge in [0.1, 0.15) is 0 Å². The summed E-state index contributed by atoms with van der Waals surface area (Å²) in [6.07, 6.45) is 0. The van der Waals surface area contributed by atoms with Gasteiger partial charge in [0.25, 0.3) is 0 Å². The Labute approximate surface area is 100 Å². The molecule has 0 aliphatic carbocycles. The number of nitrogens with two attached hydrogens (primary N) is 3. The van der Waals surface area contributed by atoms with E-state index in [1.165, 1.54) is 0 Å². The first-order valence-corrected chi connectivity index (χ1v) is 5.06. The van der Waals surface area contributed by atoms with Crippen molar-refractivity contribution in [1.82, 2.24) is 0 Å². The third kappa shape index (κ3) is 5.79. The maximum atomic E-state index is 8.56. The predicted molar refractivity (Wildman–Crippen MR) is 69.6 cm³/mol. The van der Waals surface area contributed by atoms with Gasteiger partial charge in [-0.15, -0.1) is 0 Å². The molecule has 0 heterocycles. The van der Waals surface area contributed by atoms with Crippen LogP contribution >= 0.6 is 0 Å². The smallest absolute Gasteiger partial charge is 0.223 e. The number of nitrogens with zero attached hydrogens (tertiary/aromatic N) is 3. The maximum absolute atomic E-state index is 8.56. The summed E-state index contributed by atoms with van der Waals surface area (Å²) < 4.78 is 0. The van der Waals surface area contributed by atoms with E-state index in [2.05, 4.69) is 9.98 Å². The fourth-order valence-electron chi connectivity index (χ4n) is 0.900. The van der Waals surface area contributed by atoms with Crippen molar-refractivity contribution in [2.75, 3.05) is 0 Å². The van der Waals surface area contributed by atoms with Crippen molar-refractivity contribution in [2.24, 2.45) is 27.2 Å². The molecule has 0 atom stereocenters. The van der Waals surface area contributed by atoms with Crippen LogP contribution in [-0.2, 0) is 0 Å². The molecule has 6 heteroatoms. The van der Waals surface area contributed by atoms with Crippen LogP contribution in [0.5, 0.6) is 0 Å². The van der Waals surface area contributed by atoms with Crippen molar-refractivity contribution in [3.63, 3.8) is 0 Å². The lowest BCUT2D eigenvalue weighted by molar-refractivity contribution is 1.38. The Morgan fingerprint density at radius 2 is 1.65 bits per heavy atom. The molecule has 0 unspecified atom stereocenters. The highest BCUT2D eigenvalue weighted by Crippen LogP contribution is 2.12. The van der Waals surface area contributed by atoms with Crippen LogP contribution in [-0.4, -0.2) is 11.9 Å². The number of guanidine groups is 2. The van der Waals surface area contributed by atoms with Crippen LogP contribution in [0.25, 0.3) is 0 Å². The second-order valence-corrected chi connectivity index (χ2v) is 2.67. The first kappa shape index (κ1) is 14.5. The van der Waals surface area contributed by atoms with Crippen molar-refractivity contribution in [2.45, 2.75) is 13.8 Å². The zero-order valence-corrected chi connectivity index (χ0v) is 9.88. The molecular formula is C11H16N6. The highest BCUT2D eigenvalue weighted by molar-refractivity contribution is 5.93. The monoisotopic (exact) mass is 232 g/mol. The lowest BCUT2D eigenvalue weighted by atomic mass is 10.2. The fourth-order valence-corrected chi connectivity index (χ4v) is 0.900. The quantitative estimate of drug-likeness (QED) is 0.489. The molecule has 0 saturated heterocycles. The summed E-state index contributed by atoms with van der Waals surface area (Å²) in [5.74, 6) is -0.176. The standard InChI is InChI=1S/C9H10N6.C2H6/c10-5-6-1-3-7(4-2-6)14-9(13)15-8(11)12;1-2/h1-4H,(H6,11,12,13,14,15);1-2H3. The summed E-state index contributed by atoms with van der Waals surface area (Å²) >= 11 is 0. The summed E-state index contributed by atoms with van der Waals surface area (Å²) in [5, 5.41) is 8.56. The third-order valence-corrected chi connectivity index (χ3v) is 1.48. The molecule has 0 aliphatic rings. The molecule has 6 nitrogen and oxygen atoms in total. The van der Waals surface area contributed by atoms with E-state index in [1.54, 1.807) is 24.3 Å². The highest BCUT2D eigenvalue weighted by Gasteiger charge is 1.93. The zero-order chi connectivity index (χ0) is 13.3. The molecule has 0 aliphatic heterocycles. The van der Waals surface area contributed by atoms with Gasteiger partial charge < -0.3 is 17.2 Å². The van der Waals surface area contributed by atoms with Gasteiger partial charge in [-0.1, -0.05) is 13.8 Å². The second-order valence-electron chi connectivity index (χ2n) is 2.67. The van der Waals surface area contributed by atoms with Crippen LogP contribution in [0.3, 0.4) is 0 Å². The summed E-state index contributed by atoms with van der Waals surface area (Å²) in [7, 11) is 0. The van der Waals surface area contributed by atoms with E-state index in [0.29, 0.717) is 11.3 Å². The molecule has 0 fully saturated rings. The Morgan fingerprint density at radius 1 is 1.12 bits per heavy atom. The molecule has 0 spiro atoms. The lowest BCUT2D eigenvalue weighted by Crippen LogP contribution is -2.26. The summed E-state index contributed by atoms with van der Waals surface area (Å²) in [5.41, 5.74) is 16.8. The minimum absolute atomic E-state index is 0.0280. The Bertz CT molecular complexity index is 434. The Hall–Kier alpha value is -2.55. The largest absolute Gasteiger partial charge is 0.370 e. The topological polar surface area (TPSA) is 127 Å². The lowest BCUT2D eigenvalue weighted by Gasteiger charge is -1.95. The van der Waals surface area contributed by atoms with Crippen LogP contribution in [0, 0.1) is 11.3 Å². The average Bonchev–Trinajstić information content (AvgIpc) is 2.31. The van der Waals surface area contributed by atoms with E-state index in [9.17, 15) is 0 Å². The highest BCUT2D eigenvalue weighted by atomic mass is 15.1. The van der Waals surface area contributed by atoms with E-state index < -0.39 is 0 Å². The van der Waals surface area contributed by atoms with Crippen LogP contribution < -0.4 is 17.2 Å². The molecule has 0 amide bonds. The zero-order valence-electron chi connectivity index (χ0n) is 9.88. The van der Waals surface area contributed by atoms with Gasteiger partial charge in [-0.25, -0.2) is 4.99 Å². The Kier molecular flexibility index (Phi) is 6.55. The summed E-state index contributed by atoms with van der Waals surface area (Å²) in [6, 6.07) is 8.54. The van der Waals surface area contributed by atoms with E-state index in [-0.39, 0.29) is 11.9 Å². The molecule has 1 aromatic rings. The first-order valence-electron chi connectivity index (χ1n) is 5.06. The van der Waals surface area contributed by atoms with Crippen molar-refractivity contribution < 1.29 is 0 Å². The average molecular weight is 232 g/mol. The molecule has 0 radical (unpaired) electrons. The predicted octanol–water partition coefficient (Wildman–Crippen LogP) is 0.804. The number of benzene rings is 1. The van der Waals surface area contributed by atoms with Crippen molar-refractivity contribution >= 4 is 17.6 Å². The van der Waals surface area contributed by atoms with Gasteiger partial charge in [-0.3, -0.25) is 0 Å². The van der Waals surface area contributed by atoms with E-state index >= 15 is 0 Å². The van der Waals surface area contributed by atoms with Crippen LogP contribution in [0.1, 0.15) is 19.4 Å². The number of hydrogen-bond donors (Lipinski definition) is 3. The molecule has 0 aromatic heterocycles. The SMILES string of the molecule is CC.N#Cc1ccc(N=C(N)N=C(N)N)cc1. The van der Waals surface area contributed by atoms with Gasteiger partial charge in [0.05, 0.1) is 17.3 Å². The molecule has 1 aromatic carbocycles. The van der Waals surface area contributed by atoms with E-state index in [1.807, 2.05) is 19.9 Å². The van der Waals surface area contributed by atoms with E-state index in [0.717, 1.165) is 0 Å². The number of hydrogen-bond acceptors (Lipinski definition) is 2. The fraction of sp³-hybridized carbons (Fsp3) is 0.182. The van der Waals surface area contributed by atoms with Gasteiger partial charge in [-0.2, -0.15) is 10.3 Å². The minimum Gasteiger partial charge on any atom is -0.370 e. The minimum atomic E-state index is -0.148. The van der Waals surface area contributed by atoms with Gasteiger partial charge in [0, 0.05) is 0 Å². The van der Waals surface area contributed by atoms with Crippen LogP contribution in [0.2, 0.25) is 0 Å². The van der Waals surface area contributed by atoms with Crippen LogP contribution in [0.15, 0.2) is 34.3 Å². The maximum Gasteiger partial charge on any atom is 0.223 e. The second kappa shape index (κ2) is 7.70. The Balaban J connectivity index is 0.00000121. The van der Waals surface area contributed by atoms with Crippen LogP contribution in [0.4, 0.5) is 5.69 Å². The number of nitriles is 1. The van der Waals surface area contributed by atoms with Gasteiger partial charge in [0.2, 0.25) is 5.96 Å². The van der Waals surface area contributed by atoms with Gasteiger partial charge >= 0.3 is 0 Å². The first-order chi connectivity index (χ1) is 8.11. The van der Waals surface area contributed by atoms with Crippen molar-refractivity contribution in [3.8, 4) is 6.07 Å². The molecule has 6 N–H and O–H groups in total. The molecule has 90 valence electrons. The molecule has 17 heavy (non-hydrogen) atoms. The normalized spacial score (nSPS) is 9.59. The third-order valence-electron chi connectivity index (χ3n) is 1.48. The van der Waals surface area contributed by atoms with Crippen molar-refractivity contribution in [1.29, 1.82) is 5.26 Å². The van der Waals surface area contributed by atoms with E-state index in [4.69, 9.17) is 22.5 Å². The van der Waals surface area contributed by atoms with Gasteiger partial charge in [0.15, 0.2) is 5.96 Å². The summed E-state index contributed by atoms with van der Waals surface area (Å²) in [6.45, 7) is 4.00. The molecular weight excluding hydrogens is 216 g/mol. The summed E-state index contributed by atoms with van der Waals surface area (Å²) in [4.78, 5) is 7.46. The molecule has 0 bridgehead atoms. The Morgan fingerprint density at radius 3 is 2.06 bits per heavy atom. The number of aliphatic imine (C=N–C) groups is 2. The van der Waals surface area contributed by atoms with Crippen molar-refractivity contribution in [3.05, 3.63) is 29.8 Å². The number of rotatable bonds is 1.